The van der Waals surface area contributed by atoms with Gasteiger partial charge in [-0.05, 0) is 18.8 Å². The summed E-state index contributed by atoms with van der Waals surface area (Å²) in [6.45, 7) is 11.6. The van der Waals surface area contributed by atoms with E-state index in [1.807, 2.05) is 6.92 Å². The number of rotatable bonds is 5. The zero-order valence-electron chi connectivity index (χ0n) is 12.0. The first-order valence-corrected chi connectivity index (χ1v) is 8.15. The summed E-state index contributed by atoms with van der Waals surface area (Å²) in [5.74, 6) is 1.01. The number of hydrogen-bond acceptors (Lipinski definition) is 6. The van der Waals surface area contributed by atoms with E-state index in [0.29, 0.717) is 11.8 Å². The molecule has 0 aliphatic carbocycles. The van der Waals surface area contributed by atoms with Crippen molar-refractivity contribution in [1.29, 1.82) is 0 Å². The number of anilines is 1. The van der Waals surface area contributed by atoms with Gasteiger partial charge in [0.25, 0.3) is 0 Å². The Bertz CT molecular complexity index is 543. The molecule has 104 valence electrons. The first-order valence-electron chi connectivity index (χ1n) is 6.52. The number of thiazole rings is 1. The highest BCUT2D eigenvalue weighted by molar-refractivity contribution is 7.23. The van der Waals surface area contributed by atoms with E-state index in [-0.39, 0.29) is 0 Å². The molecule has 2 aromatic rings. The standard InChI is InChI=1S/C13H20N4S2/c1-7(2)6-14-13-17-16-12(19-13)11-10(8(3)4)15-9(5)18-11/h7-8H,6H2,1-5H3,(H,14,17). The third-order valence-electron chi connectivity index (χ3n) is 2.59. The predicted molar refractivity (Wildman–Crippen MR) is 83.2 cm³/mol. The van der Waals surface area contributed by atoms with Crippen LogP contribution in [-0.4, -0.2) is 21.7 Å². The van der Waals surface area contributed by atoms with Gasteiger partial charge in [0.1, 0.15) is 0 Å². The lowest BCUT2D eigenvalue weighted by Crippen LogP contribution is -2.07. The maximum Gasteiger partial charge on any atom is 0.206 e. The van der Waals surface area contributed by atoms with Gasteiger partial charge < -0.3 is 5.32 Å². The molecule has 19 heavy (non-hydrogen) atoms. The van der Waals surface area contributed by atoms with E-state index in [2.05, 4.69) is 48.2 Å². The van der Waals surface area contributed by atoms with Crippen LogP contribution >= 0.6 is 22.7 Å². The molecule has 0 unspecified atom stereocenters. The highest BCUT2D eigenvalue weighted by Crippen LogP contribution is 2.36. The molecule has 4 nitrogen and oxygen atoms in total. The van der Waals surface area contributed by atoms with Gasteiger partial charge >= 0.3 is 0 Å². The molecule has 6 heteroatoms. The Labute approximate surface area is 122 Å². The molecule has 0 aromatic carbocycles. The minimum atomic E-state index is 0.413. The van der Waals surface area contributed by atoms with Gasteiger partial charge in [0.15, 0.2) is 5.01 Å². The van der Waals surface area contributed by atoms with Crippen molar-refractivity contribution in [3.05, 3.63) is 10.7 Å². The molecule has 0 saturated heterocycles. The lowest BCUT2D eigenvalue weighted by atomic mass is 10.1. The minimum absolute atomic E-state index is 0.413. The largest absolute Gasteiger partial charge is 0.360 e. The maximum absolute atomic E-state index is 4.61. The van der Waals surface area contributed by atoms with E-state index in [1.165, 1.54) is 4.88 Å². The monoisotopic (exact) mass is 296 g/mol. The Kier molecular flexibility index (Phi) is 4.52. The van der Waals surface area contributed by atoms with Crippen LogP contribution < -0.4 is 5.32 Å². The summed E-state index contributed by atoms with van der Waals surface area (Å²) in [5, 5.41) is 14.8. The van der Waals surface area contributed by atoms with E-state index in [4.69, 9.17) is 0 Å². The number of aromatic nitrogens is 3. The van der Waals surface area contributed by atoms with Crippen molar-refractivity contribution in [2.75, 3.05) is 11.9 Å². The minimum Gasteiger partial charge on any atom is -0.360 e. The lowest BCUT2D eigenvalue weighted by molar-refractivity contribution is 0.687. The van der Waals surface area contributed by atoms with Crippen molar-refractivity contribution < 1.29 is 0 Å². The van der Waals surface area contributed by atoms with Crippen LogP contribution in [0.1, 0.15) is 44.3 Å². The quantitative estimate of drug-likeness (QED) is 0.900. The van der Waals surface area contributed by atoms with Crippen molar-refractivity contribution >= 4 is 27.8 Å². The molecule has 2 aromatic heterocycles. The Morgan fingerprint density at radius 3 is 2.47 bits per heavy atom. The summed E-state index contributed by atoms with van der Waals surface area (Å²) >= 11 is 3.31. The van der Waals surface area contributed by atoms with Crippen LogP contribution in [0, 0.1) is 12.8 Å². The molecule has 0 radical (unpaired) electrons. The molecule has 0 spiro atoms. The van der Waals surface area contributed by atoms with Gasteiger partial charge in [-0.15, -0.1) is 21.5 Å². The van der Waals surface area contributed by atoms with E-state index in [0.717, 1.165) is 27.4 Å². The number of aryl methyl sites for hydroxylation is 1. The second-order valence-electron chi connectivity index (χ2n) is 5.29. The highest BCUT2D eigenvalue weighted by atomic mass is 32.1. The van der Waals surface area contributed by atoms with Crippen LogP contribution in [0.5, 0.6) is 0 Å². The van der Waals surface area contributed by atoms with Gasteiger partial charge in [0.2, 0.25) is 5.13 Å². The van der Waals surface area contributed by atoms with Crippen molar-refractivity contribution in [3.8, 4) is 9.88 Å². The SMILES string of the molecule is Cc1nc(C(C)C)c(-c2nnc(NCC(C)C)s2)s1. The molecular weight excluding hydrogens is 276 g/mol. The summed E-state index contributed by atoms with van der Waals surface area (Å²) in [5.41, 5.74) is 1.13. The normalized spacial score (nSPS) is 11.5. The molecular formula is C13H20N4S2. The van der Waals surface area contributed by atoms with Gasteiger partial charge in [0, 0.05) is 6.54 Å². The van der Waals surface area contributed by atoms with Gasteiger partial charge in [-0.2, -0.15) is 0 Å². The average Bonchev–Trinajstić information content (AvgIpc) is 2.92. The molecule has 0 saturated carbocycles. The molecule has 0 fully saturated rings. The zero-order valence-corrected chi connectivity index (χ0v) is 13.7. The second kappa shape index (κ2) is 5.96. The summed E-state index contributed by atoms with van der Waals surface area (Å²) in [7, 11) is 0. The molecule has 0 aliphatic heterocycles. The topological polar surface area (TPSA) is 50.7 Å². The average molecular weight is 296 g/mol. The van der Waals surface area contributed by atoms with Crippen LogP contribution in [-0.2, 0) is 0 Å². The summed E-state index contributed by atoms with van der Waals surface area (Å²) in [6, 6.07) is 0. The fourth-order valence-corrected chi connectivity index (χ4v) is 3.57. The van der Waals surface area contributed by atoms with Crippen molar-refractivity contribution in [2.45, 2.75) is 40.5 Å². The van der Waals surface area contributed by atoms with Crippen molar-refractivity contribution in [1.82, 2.24) is 15.2 Å². The smallest absolute Gasteiger partial charge is 0.206 e. The number of hydrogen-bond donors (Lipinski definition) is 1. The highest BCUT2D eigenvalue weighted by Gasteiger charge is 2.18. The molecule has 0 atom stereocenters. The second-order valence-corrected chi connectivity index (χ2v) is 7.47. The molecule has 0 bridgehead atoms. The van der Waals surface area contributed by atoms with Crippen molar-refractivity contribution in [2.24, 2.45) is 5.92 Å². The summed E-state index contributed by atoms with van der Waals surface area (Å²) in [4.78, 5) is 5.78. The Hall–Kier alpha value is -1.01. The van der Waals surface area contributed by atoms with Crippen molar-refractivity contribution in [3.63, 3.8) is 0 Å². The van der Waals surface area contributed by atoms with Gasteiger partial charge in [0.05, 0.1) is 15.6 Å². The lowest BCUT2D eigenvalue weighted by Gasteiger charge is -2.03. The summed E-state index contributed by atoms with van der Waals surface area (Å²) in [6.07, 6.45) is 0. The predicted octanol–water partition coefficient (Wildman–Crippen LogP) is 4.16. The maximum atomic E-state index is 4.61. The molecule has 2 heterocycles. The zero-order chi connectivity index (χ0) is 14.0. The Balaban J connectivity index is 2.22. The third-order valence-corrected chi connectivity index (χ3v) is 4.61. The van der Waals surface area contributed by atoms with Crippen LogP contribution in [0.25, 0.3) is 9.88 Å². The molecule has 0 amide bonds. The molecule has 1 N–H and O–H groups in total. The first kappa shape index (κ1) is 14.4. The third kappa shape index (κ3) is 3.51. The van der Waals surface area contributed by atoms with E-state index >= 15 is 0 Å². The van der Waals surface area contributed by atoms with Crippen LogP contribution in [0.2, 0.25) is 0 Å². The number of nitrogens with zero attached hydrogens (tertiary/aromatic N) is 3. The van der Waals surface area contributed by atoms with Gasteiger partial charge in [-0.3, -0.25) is 0 Å². The fourth-order valence-electron chi connectivity index (χ4n) is 1.67. The van der Waals surface area contributed by atoms with E-state index in [1.54, 1.807) is 22.7 Å². The Morgan fingerprint density at radius 2 is 1.84 bits per heavy atom. The van der Waals surface area contributed by atoms with Gasteiger partial charge in [-0.1, -0.05) is 39.0 Å². The van der Waals surface area contributed by atoms with Gasteiger partial charge in [-0.25, -0.2) is 4.98 Å². The molecule has 0 aliphatic rings. The van der Waals surface area contributed by atoms with Crippen LogP contribution in [0.15, 0.2) is 0 Å². The molecule has 2 rings (SSSR count). The van der Waals surface area contributed by atoms with Crippen LogP contribution in [0.4, 0.5) is 5.13 Å². The number of nitrogens with one attached hydrogen (secondary N) is 1. The Morgan fingerprint density at radius 1 is 1.11 bits per heavy atom. The van der Waals surface area contributed by atoms with E-state index < -0.39 is 0 Å². The first-order chi connectivity index (χ1) is 8.97. The van der Waals surface area contributed by atoms with E-state index in [9.17, 15) is 0 Å². The van der Waals surface area contributed by atoms with Crippen LogP contribution in [0.3, 0.4) is 0 Å². The summed E-state index contributed by atoms with van der Waals surface area (Å²) < 4.78 is 0. The fraction of sp³-hybridized carbons (Fsp3) is 0.615.